The van der Waals surface area contributed by atoms with Gasteiger partial charge < -0.3 is 15.2 Å². The Bertz CT molecular complexity index is 767. The van der Waals surface area contributed by atoms with Crippen LogP contribution in [0.3, 0.4) is 0 Å². The number of hydrazine groups is 1. The summed E-state index contributed by atoms with van der Waals surface area (Å²) in [5.74, 6) is 0. The molecule has 4 N–H and O–H groups in total. The molecule has 2 atom stereocenters. The van der Waals surface area contributed by atoms with Crippen molar-refractivity contribution in [3.05, 3.63) is 41.1 Å². The number of aryl methyl sites for hydroxylation is 1. The molecule has 6 nitrogen and oxygen atoms in total. The molecule has 0 radical (unpaired) electrons. The van der Waals surface area contributed by atoms with Gasteiger partial charge in [-0.3, -0.25) is 0 Å². The molecule has 4 aliphatic heterocycles. The van der Waals surface area contributed by atoms with Crippen LogP contribution in [0, 0.1) is 12.3 Å². The maximum Gasteiger partial charge on any atom is 0.257 e. The average molecular weight is 350 g/mol. The van der Waals surface area contributed by atoms with Gasteiger partial charge in [-0.1, -0.05) is 17.7 Å². The van der Waals surface area contributed by atoms with Crippen LogP contribution in [0.2, 0.25) is 0 Å². The summed E-state index contributed by atoms with van der Waals surface area (Å²) in [4.78, 5) is 6.17. The summed E-state index contributed by atoms with van der Waals surface area (Å²) in [5.41, 5.74) is 6.66. The molecule has 2 fully saturated rings. The molecule has 0 aromatic heterocycles. The summed E-state index contributed by atoms with van der Waals surface area (Å²) in [7, 11) is -3.55. The molecule has 0 amide bonds. The SMILES string of the molecule is Cc1ccc(S(=O)(=O)NNC2=C3C[NH+]4CC[NH+](C3)CC2(C)C4)cc1. The number of fused-ring (bicyclic) bond motifs is 1. The maximum absolute atomic E-state index is 12.5. The third-order valence-electron chi connectivity index (χ3n) is 5.64. The molecule has 4 bridgehead atoms. The first kappa shape index (κ1) is 16.1. The Morgan fingerprint density at radius 1 is 1.04 bits per heavy atom. The highest BCUT2D eigenvalue weighted by Crippen LogP contribution is 2.29. The molecule has 1 aromatic carbocycles. The van der Waals surface area contributed by atoms with Crippen molar-refractivity contribution in [2.24, 2.45) is 5.41 Å². The van der Waals surface area contributed by atoms with Crippen molar-refractivity contribution in [1.29, 1.82) is 0 Å². The van der Waals surface area contributed by atoms with E-state index in [1.807, 2.05) is 19.1 Å². The van der Waals surface area contributed by atoms with E-state index in [9.17, 15) is 8.42 Å². The largest absolute Gasteiger partial charge is 0.326 e. The average Bonchev–Trinajstić information content (AvgIpc) is 2.74. The Labute approximate surface area is 143 Å². The van der Waals surface area contributed by atoms with Gasteiger partial charge in [0.1, 0.15) is 31.6 Å². The Morgan fingerprint density at radius 3 is 2.17 bits per heavy atom. The quantitative estimate of drug-likeness (QED) is 0.468. The second-order valence-corrected chi connectivity index (χ2v) is 9.47. The molecule has 4 heterocycles. The minimum atomic E-state index is -3.55. The van der Waals surface area contributed by atoms with Crippen molar-refractivity contribution in [2.75, 3.05) is 39.3 Å². The predicted molar refractivity (Wildman–Crippen MR) is 90.9 cm³/mol. The highest BCUT2D eigenvalue weighted by Gasteiger charge is 2.50. The first-order chi connectivity index (χ1) is 11.4. The topological polar surface area (TPSA) is 67.1 Å². The van der Waals surface area contributed by atoms with Crippen LogP contribution in [0.1, 0.15) is 12.5 Å². The molecule has 1 aromatic rings. The van der Waals surface area contributed by atoms with Gasteiger partial charge in [0, 0.05) is 0 Å². The molecule has 0 saturated carbocycles. The van der Waals surface area contributed by atoms with E-state index in [1.165, 1.54) is 18.7 Å². The molecule has 0 spiro atoms. The Kier molecular flexibility index (Phi) is 3.72. The molecule has 5 rings (SSSR count). The van der Waals surface area contributed by atoms with Crippen molar-refractivity contribution >= 4 is 10.0 Å². The fourth-order valence-corrected chi connectivity index (χ4v) is 5.43. The minimum Gasteiger partial charge on any atom is -0.326 e. The molecule has 130 valence electrons. The molecule has 2 unspecified atom stereocenters. The summed E-state index contributed by atoms with van der Waals surface area (Å²) in [6, 6.07) is 6.93. The standard InChI is InChI=1S/C17H24N4O2S/c1-13-3-5-15(6-4-13)24(22,23)19-18-16-14-9-20-7-8-21(10-14)12-17(16,2)11-20/h3-6,18-19H,7-12H2,1-2H3/p+2. The molecule has 7 heteroatoms. The zero-order chi connectivity index (χ0) is 16.9. The van der Waals surface area contributed by atoms with Gasteiger partial charge in [-0.15, -0.1) is 4.83 Å². The van der Waals surface area contributed by atoms with E-state index in [0.29, 0.717) is 4.90 Å². The van der Waals surface area contributed by atoms with Gasteiger partial charge >= 0.3 is 0 Å². The molecular weight excluding hydrogens is 324 g/mol. The van der Waals surface area contributed by atoms with Crippen LogP contribution in [0.4, 0.5) is 0 Å². The number of quaternary nitrogens is 2. The summed E-state index contributed by atoms with van der Waals surface area (Å²) < 4.78 is 25.1. The monoisotopic (exact) mass is 350 g/mol. The van der Waals surface area contributed by atoms with E-state index < -0.39 is 10.0 Å². The van der Waals surface area contributed by atoms with Gasteiger partial charge in [-0.25, -0.2) is 8.42 Å². The summed E-state index contributed by atoms with van der Waals surface area (Å²) in [6.45, 7) is 10.9. The van der Waals surface area contributed by atoms with Crippen molar-refractivity contribution in [2.45, 2.75) is 18.7 Å². The minimum absolute atomic E-state index is 0.0306. The van der Waals surface area contributed by atoms with E-state index in [2.05, 4.69) is 17.2 Å². The van der Waals surface area contributed by atoms with Gasteiger partial charge in [0.05, 0.1) is 29.3 Å². The zero-order valence-electron chi connectivity index (χ0n) is 14.3. The highest BCUT2D eigenvalue weighted by molar-refractivity contribution is 7.89. The first-order valence-electron chi connectivity index (χ1n) is 8.60. The normalized spacial score (nSPS) is 32.1. The van der Waals surface area contributed by atoms with Crippen molar-refractivity contribution < 1.29 is 18.2 Å². The number of hydrogen-bond acceptors (Lipinski definition) is 3. The summed E-state index contributed by atoms with van der Waals surface area (Å²) in [5, 5.41) is 0. The fourth-order valence-electron chi connectivity index (χ4n) is 4.58. The van der Waals surface area contributed by atoms with Gasteiger partial charge in [0.15, 0.2) is 0 Å². The lowest BCUT2D eigenvalue weighted by molar-refractivity contribution is -0.918. The number of nitrogens with one attached hydrogen (secondary N) is 4. The first-order valence-corrected chi connectivity index (χ1v) is 10.1. The molecular formula is C17H26N4O2S+2. The van der Waals surface area contributed by atoms with Gasteiger partial charge in [-0.05, 0) is 26.0 Å². The van der Waals surface area contributed by atoms with Crippen LogP contribution in [-0.4, -0.2) is 47.7 Å². The van der Waals surface area contributed by atoms with Gasteiger partial charge in [0.2, 0.25) is 0 Å². The molecule has 4 aliphatic rings. The van der Waals surface area contributed by atoms with Crippen LogP contribution >= 0.6 is 0 Å². The third-order valence-corrected chi connectivity index (χ3v) is 6.90. The molecule has 2 saturated heterocycles. The van der Waals surface area contributed by atoms with Crippen molar-refractivity contribution in [1.82, 2.24) is 10.3 Å². The van der Waals surface area contributed by atoms with E-state index in [1.54, 1.807) is 21.9 Å². The van der Waals surface area contributed by atoms with Gasteiger partial charge in [0.25, 0.3) is 10.0 Å². The van der Waals surface area contributed by atoms with Crippen LogP contribution < -0.4 is 20.1 Å². The molecule has 0 aliphatic carbocycles. The van der Waals surface area contributed by atoms with Gasteiger partial charge in [-0.2, -0.15) is 0 Å². The van der Waals surface area contributed by atoms with Crippen LogP contribution in [0.25, 0.3) is 0 Å². The van der Waals surface area contributed by atoms with E-state index in [-0.39, 0.29) is 5.41 Å². The van der Waals surface area contributed by atoms with E-state index >= 15 is 0 Å². The predicted octanol–water partition coefficient (Wildman–Crippen LogP) is -2.15. The smallest absolute Gasteiger partial charge is 0.257 e. The number of rotatable bonds is 4. The van der Waals surface area contributed by atoms with Crippen molar-refractivity contribution in [3.8, 4) is 0 Å². The lowest BCUT2D eigenvalue weighted by atomic mass is 9.78. The number of sulfonamides is 1. The lowest BCUT2D eigenvalue weighted by Gasteiger charge is -2.42. The Hall–Kier alpha value is -1.41. The Balaban J connectivity index is 1.57. The van der Waals surface area contributed by atoms with Crippen LogP contribution in [-0.2, 0) is 10.0 Å². The van der Waals surface area contributed by atoms with E-state index in [4.69, 9.17) is 0 Å². The summed E-state index contributed by atoms with van der Waals surface area (Å²) in [6.07, 6.45) is 0. The van der Waals surface area contributed by atoms with Crippen LogP contribution in [0.5, 0.6) is 0 Å². The molecule has 24 heavy (non-hydrogen) atoms. The van der Waals surface area contributed by atoms with Crippen molar-refractivity contribution in [3.63, 3.8) is 0 Å². The zero-order valence-corrected chi connectivity index (χ0v) is 15.1. The van der Waals surface area contributed by atoms with Crippen LogP contribution in [0.15, 0.2) is 40.4 Å². The maximum atomic E-state index is 12.5. The second kappa shape index (κ2) is 5.56. The fraction of sp³-hybridized carbons (Fsp3) is 0.529. The summed E-state index contributed by atoms with van der Waals surface area (Å²) >= 11 is 0. The third kappa shape index (κ3) is 2.75. The Morgan fingerprint density at radius 2 is 1.62 bits per heavy atom. The number of hydrogen-bond donors (Lipinski definition) is 4. The highest BCUT2D eigenvalue weighted by atomic mass is 32.2. The lowest BCUT2D eigenvalue weighted by Crippen LogP contribution is -3.14. The van der Waals surface area contributed by atoms with E-state index in [0.717, 1.165) is 37.4 Å². The second-order valence-electron chi connectivity index (χ2n) is 7.79. The number of benzene rings is 1.